The Labute approximate surface area is 156 Å². The number of carbonyl (C=O) groups excluding carboxylic acids is 1. The number of hydrogen-bond donors (Lipinski definition) is 2. The lowest BCUT2D eigenvalue weighted by Gasteiger charge is -2.26. The lowest BCUT2D eigenvalue weighted by Crippen LogP contribution is -2.49. The van der Waals surface area contributed by atoms with Crippen LogP contribution in [0.1, 0.15) is 38.5 Å². The van der Waals surface area contributed by atoms with Gasteiger partial charge in [0.1, 0.15) is 6.54 Å². The first kappa shape index (κ1) is 18.5. The number of halogens is 1. The van der Waals surface area contributed by atoms with Crippen molar-refractivity contribution in [2.75, 3.05) is 20.6 Å². The van der Waals surface area contributed by atoms with Gasteiger partial charge in [-0.3, -0.25) is 4.79 Å². The number of carbonyl (C=O) groups is 1. The molecule has 130 valence electrons. The fourth-order valence-electron chi connectivity index (χ4n) is 3.95. The smallest absolute Gasteiger partial charge is 0.243 e. The first-order valence-corrected chi connectivity index (χ1v) is 8.54. The highest BCUT2D eigenvalue weighted by Gasteiger charge is 2.39. The van der Waals surface area contributed by atoms with E-state index in [4.69, 9.17) is 0 Å². The summed E-state index contributed by atoms with van der Waals surface area (Å²) in [5.74, 6) is 2.56. The second-order valence-corrected chi connectivity index (χ2v) is 7.16. The fraction of sp³-hybridized carbons (Fsp3) is 0.765. The Kier molecular flexibility index (Phi) is 6.73. The van der Waals surface area contributed by atoms with Crippen LogP contribution in [0.15, 0.2) is 17.1 Å². The minimum absolute atomic E-state index is 0. The monoisotopic (exact) mass is 432 g/mol. The third-order valence-corrected chi connectivity index (χ3v) is 5.28. The molecule has 3 unspecified atom stereocenters. The number of nitrogens with one attached hydrogen (secondary N) is 2. The van der Waals surface area contributed by atoms with Gasteiger partial charge in [0, 0.05) is 26.2 Å². The third-order valence-electron chi connectivity index (χ3n) is 5.28. The van der Waals surface area contributed by atoms with E-state index in [1.54, 1.807) is 19.0 Å². The number of rotatable bonds is 4. The summed E-state index contributed by atoms with van der Waals surface area (Å²) in [5, 5.41) is 7.11. The molecule has 5 nitrogen and oxygen atoms in total. The molecule has 2 saturated carbocycles. The lowest BCUT2D eigenvalue weighted by atomic mass is 9.95. The summed E-state index contributed by atoms with van der Waals surface area (Å²) in [6, 6.07) is 0.952. The molecule has 1 amide bonds. The second-order valence-electron chi connectivity index (χ2n) is 7.16. The molecular formula is C17H29IN4O. The minimum atomic E-state index is 0. The molecule has 23 heavy (non-hydrogen) atoms. The van der Waals surface area contributed by atoms with Crippen molar-refractivity contribution < 1.29 is 4.79 Å². The standard InChI is InChI=1S/C17H28N4O.HI/c1-21(2)16(22)11-18-17(19-14-5-3-4-6-14)20-15-10-12-7-8-13(15)9-12;/h3-4,12-15H,5-11H2,1-2H3,(H2,18,19,20);1H. The van der Waals surface area contributed by atoms with E-state index in [1.165, 1.54) is 25.7 Å². The molecule has 0 radical (unpaired) electrons. The van der Waals surface area contributed by atoms with Crippen LogP contribution in [-0.4, -0.2) is 49.5 Å². The molecular weight excluding hydrogens is 403 g/mol. The molecule has 0 aliphatic heterocycles. The lowest BCUT2D eigenvalue weighted by molar-refractivity contribution is -0.127. The summed E-state index contributed by atoms with van der Waals surface area (Å²) in [5.41, 5.74) is 0. The van der Waals surface area contributed by atoms with E-state index in [1.807, 2.05) is 0 Å². The SMILES string of the molecule is CN(C)C(=O)CN=C(NC1CC=CC1)NC1CC2CCC1C2.I. The van der Waals surface area contributed by atoms with Crippen LogP contribution < -0.4 is 10.6 Å². The van der Waals surface area contributed by atoms with Crippen LogP contribution in [-0.2, 0) is 4.79 Å². The summed E-state index contributed by atoms with van der Waals surface area (Å²) in [4.78, 5) is 17.9. The highest BCUT2D eigenvalue weighted by atomic mass is 127. The number of likely N-dealkylation sites (N-methyl/N-ethyl adjacent to an activating group) is 1. The summed E-state index contributed by atoms with van der Waals surface area (Å²) in [6.07, 6.45) is 11.9. The van der Waals surface area contributed by atoms with Gasteiger partial charge < -0.3 is 15.5 Å². The summed E-state index contributed by atoms with van der Waals surface area (Å²) in [6.45, 7) is 0.212. The van der Waals surface area contributed by atoms with E-state index in [9.17, 15) is 4.79 Å². The number of aliphatic imine (C=N–C) groups is 1. The van der Waals surface area contributed by atoms with Gasteiger partial charge >= 0.3 is 0 Å². The van der Waals surface area contributed by atoms with E-state index < -0.39 is 0 Å². The van der Waals surface area contributed by atoms with Crippen LogP contribution in [0.2, 0.25) is 0 Å². The Morgan fingerprint density at radius 1 is 1.17 bits per heavy atom. The van der Waals surface area contributed by atoms with Gasteiger partial charge in [0.05, 0.1) is 0 Å². The van der Waals surface area contributed by atoms with Crippen LogP contribution in [0.5, 0.6) is 0 Å². The van der Waals surface area contributed by atoms with Crippen molar-refractivity contribution in [3.63, 3.8) is 0 Å². The molecule has 3 atom stereocenters. The molecule has 0 aromatic carbocycles. The van der Waals surface area contributed by atoms with Crippen molar-refractivity contribution in [3.05, 3.63) is 12.2 Å². The number of nitrogens with zero attached hydrogens (tertiary/aromatic N) is 2. The van der Waals surface area contributed by atoms with Gasteiger partial charge in [-0.25, -0.2) is 4.99 Å². The molecule has 3 aliphatic rings. The zero-order valence-corrected chi connectivity index (χ0v) is 16.5. The first-order valence-electron chi connectivity index (χ1n) is 8.54. The van der Waals surface area contributed by atoms with Gasteiger partial charge in [0.25, 0.3) is 0 Å². The molecule has 2 fully saturated rings. The molecule has 2 N–H and O–H groups in total. The predicted octanol–water partition coefficient (Wildman–Crippen LogP) is 2.14. The van der Waals surface area contributed by atoms with Gasteiger partial charge in [-0.05, 0) is 43.9 Å². The Bertz CT molecular complexity index is 469. The van der Waals surface area contributed by atoms with E-state index >= 15 is 0 Å². The number of amides is 1. The predicted molar refractivity (Wildman–Crippen MR) is 104 cm³/mol. The molecule has 2 bridgehead atoms. The molecule has 6 heteroatoms. The average Bonchev–Trinajstić information content (AvgIpc) is 3.21. The maximum atomic E-state index is 11.8. The summed E-state index contributed by atoms with van der Waals surface area (Å²) >= 11 is 0. The van der Waals surface area contributed by atoms with Crippen LogP contribution in [0.25, 0.3) is 0 Å². The number of hydrogen-bond acceptors (Lipinski definition) is 2. The zero-order valence-electron chi connectivity index (χ0n) is 14.1. The van der Waals surface area contributed by atoms with Gasteiger partial charge in [0.15, 0.2) is 5.96 Å². The number of guanidine groups is 1. The maximum absolute atomic E-state index is 11.8. The maximum Gasteiger partial charge on any atom is 0.243 e. The van der Waals surface area contributed by atoms with Gasteiger partial charge in [-0.1, -0.05) is 18.6 Å². The third kappa shape index (κ3) is 4.84. The Balaban J connectivity index is 0.00000192. The van der Waals surface area contributed by atoms with Crippen LogP contribution in [0.3, 0.4) is 0 Å². The summed E-state index contributed by atoms with van der Waals surface area (Å²) in [7, 11) is 3.55. The molecule has 0 aromatic heterocycles. The first-order chi connectivity index (χ1) is 10.6. The second kappa shape index (κ2) is 8.35. The van der Waals surface area contributed by atoms with Crippen molar-refractivity contribution in [1.29, 1.82) is 0 Å². The van der Waals surface area contributed by atoms with Crippen molar-refractivity contribution >= 4 is 35.8 Å². The highest BCUT2D eigenvalue weighted by Crippen LogP contribution is 2.44. The Hall–Kier alpha value is -0.790. The topological polar surface area (TPSA) is 56.7 Å². The molecule has 0 heterocycles. The van der Waals surface area contributed by atoms with E-state index in [2.05, 4.69) is 27.8 Å². The van der Waals surface area contributed by atoms with Crippen molar-refractivity contribution in [2.24, 2.45) is 16.8 Å². The summed E-state index contributed by atoms with van der Waals surface area (Å²) < 4.78 is 0. The Morgan fingerprint density at radius 3 is 2.48 bits per heavy atom. The highest BCUT2D eigenvalue weighted by molar-refractivity contribution is 14.0. The Morgan fingerprint density at radius 2 is 1.91 bits per heavy atom. The van der Waals surface area contributed by atoms with Gasteiger partial charge in [-0.15, -0.1) is 24.0 Å². The molecule has 3 rings (SSSR count). The molecule has 0 aromatic rings. The molecule has 0 saturated heterocycles. The average molecular weight is 432 g/mol. The molecule has 0 spiro atoms. The normalized spacial score (nSPS) is 29.5. The molecule has 3 aliphatic carbocycles. The van der Waals surface area contributed by atoms with Crippen molar-refractivity contribution in [3.8, 4) is 0 Å². The van der Waals surface area contributed by atoms with Crippen LogP contribution >= 0.6 is 24.0 Å². The van der Waals surface area contributed by atoms with Crippen molar-refractivity contribution in [1.82, 2.24) is 15.5 Å². The van der Waals surface area contributed by atoms with Gasteiger partial charge in [-0.2, -0.15) is 0 Å². The van der Waals surface area contributed by atoms with E-state index in [-0.39, 0.29) is 36.4 Å². The van der Waals surface area contributed by atoms with E-state index in [0.29, 0.717) is 12.1 Å². The van der Waals surface area contributed by atoms with Crippen molar-refractivity contribution in [2.45, 2.75) is 50.6 Å². The fourth-order valence-corrected chi connectivity index (χ4v) is 3.95. The minimum Gasteiger partial charge on any atom is -0.353 e. The van der Waals surface area contributed by atoms with Crippen LogP contribution in [0, 0.1) is 11.8 Å². The quantitative estimate of drug-likeness (QED) is 0.310. The van der Waals surface area contributed by atoms with Crippen LogP contribution in [0.4, 0.5) is 0 Å². The van der Waals surface area contributed by atoms with Gasteiger partial charge in [0.2, 0.25) is 5.91 Å². The number of fused-ring (bicyclic) bond motifs is 2. The largest absolute Gasteiger partial charge is 0.353 e. The van der Waals surface area contributed by atoms with E-state index in [0.717, 1.165) is 30.6 Å². The zero-order chi connectivity index (χ0) is 15.5.